The molecule has 7 heteroatoms. The summed E-state index contributed by atoms with van der Waals surface area (Å²) in [5, 5.41) is 0.441. The molecule has 4 nitrogen and oxygen atoms in total. The van der Waals surface area contributed by atoms with Crippen molar-refractivity contribution in [2.75, 3.05) is 5.73 Å². The molecule has 0 aliphatic heterocycles. The number of rotatable bonds is 1. The summed E-state index contributed by atoms with van der Waals surface area (Å²) in [5.41, 5.74) is 6.92. The van der Waals surface area contributed by atoms with Crippen LogP contribution in [-0.4, -0.2) is 14.5 Å². The minimum absolute atomic E-state index is 0.00714. The van der Waals surface area contributed by atoms with Crippen molar-refractivity contribution in [1.82, 2.24) is 14.5 Å². The molecular weight excluding hydrogens is 290 g/mol. The van der Waals surface area contributed by atoms with Gasteiger partial charge < -0.3 is 5.73 Å². The quantitative estimate of drug-likeness (QED) is 0.748. The second-order valence-corrected chi connectivity index (χ2v) is 4.72. The average Bonchev–Trinajstić information content (AvgIpc) is 2.68. The van der Waals surface area contributed by atoms with Crippen molar-refractivity contribution in [1.29, 1.82) is 0 Å². The summed E-state index contributed by atoms with van der Waals surface area (Å²) in [4.78, 5) is 8.23. The first-order valence-corrected chi connectivity index (χ1v) is 6.07. The summed E-state index contributed by atoms with van der Waals surface area (Å²) in [6.07, 6.45) is 1.45. The van der Waals surface area contributed by atoms with Gasteiger partial charge in [0.2, 0.25) is 5.95 Å². The Bertz CT molecular complexity index is 785. The van der Waals surface area contributed by atoms with E-state index in [9.17, 15) is 4.39 Å². The maximum absolute atomic E-state index is 14.1. The van der Waals surface area contributed by atoms with E-state index in [4.69, 9.17) is 28.9 Å². The molecule has 96 valence electrons. The average molecular weight is 297 g/mol. The van der Waals surface area contributed by atoms with Gasteiger partial charge in [0, 0.05) is 6.20 Å². The van der Waals surface area contributed by atoms with Gasteiger partial charge in [-0.15, -0.1) is 0 Å². The Morgan fingerprint density at radius 2 is 2.05 bits per heavy atom. The molecule has 0 bridgehead atoms. The van der Waals surface area contributed by atoms with E-state index in [1.807, 2.05) is 0 Å². The van der Waals surface area contributed by atoms with Crippen LogP contribution in [0, 0.1) is 5.82 Å². The van der Waals surface area contributed by atoms with Gasteiger partial charge in [-0.05, 0) is 18.2 Å². The van der Waals surface area contributed by atoms with Crippen LogP contribution in [0.5, 0.6) is 0 Å². The first-order chi connectivity index (χ1) is 9.08. The van der Waals surface area contributed by atoms with Crippen LogP contribution in [0.3, 0.4) is 0 Å². The van der Waals surface area contributed by atoms with E-state index in [-0.39, 0.29) is 16.7 Å². The van der Waals surface area contributed by atoms with E-state index in [2.05, 4.69) is 9.97 Å². The van der Waals surface area contributed by atoms with Crippen LogP contribution < -0.4 is 5.73 Å². The van der Waals surface area contributed by atoms with Crippen molar-refractivity contribution in [2.24, 2.45) is 0 Å². The van der Waals surface area contributed by atoms with E-state index in [1.165, 1.54) is 16.8 Å². The molecule has 0 saturated carbocycles. The smallest absolute Gasteiger partial charge is 0.207 e. The lowest BCUT2D eigenvalue weighted by molar-refractivity contribution is 0.620. The van der Waals surface area contributed by atoms with Crippen LogP contribution in [0.1, 0.15) is 0 Å². The van der Waals surface area contributed by atoms with Crippen molar-refractivity contribution in [2.45, 2.75) is 0 Å². The van der Waals surface area contributed by atoms with Gasteiger partial charge in [-0.1, -0.05) is 29.3 Å². The number of nitrogens with two attached hydrogens (primary N) is 1. The SMILES string of the molecule is Nc1nc2cc(Cl)cnc2n1-c1cccc(Cl)c1F. The van der Waals surface area contributed by atoms with Crippen molar-refractivity contribution < 1.29 is 4.39 Å². The predicted molar refractivity (Wildman–Crippen MR) is 73.3 cm³/mol. The lowest BCUT2D eigenvalue weighted by atomic mass is 10.3. The fraction of sp³-hybridized carbons (Fsp3) is 0. The molecule has 3 rings (SSSR count). The third-order valence-electron chi connectivity index (χ3n) is 2.66. The van der Waals surface area contributed by atoms with E-state index in [1.54, 1.807) is 18.2 Å². The minimum atomic E-state index is -0.577. The molecule has 0 radical (unpaired) electrons. The molecule has 3 aromatic rings. The third-order valence-corrected chi connectivity index (χ3v) is 3.16. The highest BCUT2D eigenvalue weighted by Crippen LogP contribution is 2.27. The Kier molecular flexibility index (Phi) is 2.80. The summed E-state index contributed by atoms with van der Waals surface area (Å²) < 4.78 is 15.5. The molecule has 0 fully saturated rings. The van der Waals surface area contributed by atoms with Crippen LogP contribution >= 0.6 is 23.2 Å². The normalized spacial score (nSPS) is 11.1. The fourth-order valence-electron chi connectivity index (χ4n) is 1.86. The number of nitrogens with zero attached hydrogens (tertiary/aromatic N) is 3. The molecule has 0 spiro atoms. The Morgan fingerprint density at radius 3 is 2.84 bits per heavy atom. The van der Waals surface area contributed by atoms with Crippen LogP contribution in [0.25, 0.3) is 16.9 Å². The number of imidazole rings is 1. The largest absolute Gasteiger partial charge is 0.369 e. The number of hydrogen-bond donors (Lipinski definition) is 1. The molecule has 2 aromatic heterocycles. The first kappa shape index (κ1) is 12.2. The molecule has 0 unspecified atom stereocenters. The van der Waals surface area contributed by atoms with Gasteiger partial charge in [-0.25, -0.2) is 14.4 Å². The second-order valence-electron chi connectivity index (χ2n) is 3.87. The summed E-state index contributed by atoms with van der Waals surface area (Å²) >= 11 is 11.6. The molecular formula is C12H7Cl2FN4. The van der Waals surface area contributed by atoms with Gasteiger partial charge >= 0.3 is 0 Å². The van der Waals surface area contributed by atoms with Crippen molar-refractivity contribution in [3.8, 4) is 5.69 Å². The van der Waals surface area contributed by atoms with E-state index >= 15 is 0 Å². The zero-order valence-electron chi connectivity index (χ0n) is 9.44. The molecule has 0 atom stereocenters. The molecule has 0 saturated heterocycles. The van der Waals surface area contributed by atoms with Crippen molar-refractivity contribution >= 4 is 40.3 Å². The topological polar surface area (TPSA) is 56.7 Å². The Balaban J connectivity index is 2.36. The van der Waals surface area contributed by atoms with Gasteiger partial charge in [0.1, 0.15) is 5.52 Å². The maximum Gasteiger partial charge on any atom is 0.207 e. The zero-order chi connectivity index (χ0) is 13.6. The van der Waals surface area contributed by atoms with Crippen LogP contribution in [0.4, 0.5) is 10.3 Å². The number of aromatic nitrogens is 3. The highest BCUT2D eigenvalue weighted by molar-refractivity contribution is 6.31. The standard InChI is InChI=1S/C12H7Cl2FN4/c13-6-4-8-11(17-5-6)19(12(16)18-8)9-3-1-2-7(14)10(9)15/h1-5H,(H2,16,18). The minimum Gasteiger partial charge on any atom is -0.369 e. The number of benzene rings is 1. The van der Waals surface area contributed by atoms with Crippen molar-refractivity contribution in [3.63, 3.8) is 0 Å². The summed E-state index contributed by atoms with van der Waals surface area (Å²) in [6, 6.07) is 6.25. The van der Waals surface area contributed by atoms with Gasteiger partial charge in [0.05, 0.1) is 15.7 Å². The van der Waals surface area contributed by atoms with Crippen molar-refractivity contribution in [3.05, 3.63) is 46.3 Å². The summed E-state index contributed by atoms with van der Waals surface area (Å²) in [7, 11) is 0. The van der Waals surface area contributed by atoms with Gasteiger partial charge in [0.15, 0.2) is 11.5 Å². The molecule has 0 aliphatic carbocycles. The van der Waals surface area contributed by atoms with Crippen LogP contribution in [0.15, 0.2) is 30.5 Å². The summed E-state index contributed by atoms with van der Waals surface area (Å²) in [5.74, 6) is -0.460. The lowest BCUT2D eigenvalue weighted by Gasteiger charge is -2.07. The fourth-order valence-corrected chi connectivity index (χ4v) is 2.18. The van der Waals surface area contributed by atoms with Gasteiger partial charge in [-0.2, -0.15) is 0 Å². The predicted octanol–water partition coefficient (Wildman–Crippen LogP) is 3.45. The second kappa shape index (κ2) is 4.36. The molecule has 2 heterocycles. The van der Waals surface area contributed by atoms with E-state index in [0.717, 1.165) is 0 Å². The number of pyridine rings is 1. The molecule has 0 amide bonds. The number of anilines is 1. The van der Waals surface area contributed by atoms with Crippen LogP contribution in [0.2, 0.25) is 10.0 Å². The number of hydrogen-bond acceptors (Lipinski definition) is 3. The highest BCUT2D eigenvalue weighted by atomic mass is 35.5. The number of halogens is 3. The molecule has 1 aromatic carbocycles. The van der Waals surface area contributed by atoms with E-state index in [0.29, 0.717) is 16.2 Å². The molecule has 0 aliphatic rings. The van der Waals surface area contributed by atoms with Gasteiger partial charge in [0.25, 0.3) is 0 Å². The molecule has 19 heavy (non-hydrogen) atoms. The van der Waals surface area contributed by atoms with Crippen LogP contribution in [-0.2, 0) is 0 Å². The Hall–Kier alpha value is -1.85. The Labute approximate surface area is 117 Å². The third kappa shape index (κ3) is 1.91. The summed E-state index contributed by atoms with van der Waals surface area (Å²) in [6.45, 7) is 0. The highest BCUT2D eigenvalue weighted by Gasteiger charge is 2.16. The number of fused-ring (bicyclic) bond motifs is 1. The Morgan fingerprint density at radius 1 is 1.26 bits per heavy atom. The lowest BCUT2D eigenvalue weighted by Crippen LogP contribution is -2.03. The first-order valence-electron chi connectivity index (χ1n) is 5.32. The zero-order valence-corrected chi connectivity index (χ0v) is 11.0. The number of nitrogen functional groups attached to an aromatic ring is 1. The van der Waals surface area contributed by atoms with Gasteiger partial charge in [-0.3, -0.25) is 4.57 Å². The van der Waals surface area contributed by atoms with E-state index < -0.39 is 5.82 Å². The molecule has 2 N–H and O–H groups in total. The maximum atomic E-state index is 14.1. The monoisotopic (exact) mass is 296 g/mol.